The number of rotatable bonds is 2. The highest BCUT2D eigenvalue weighted by atomic mass is 16.6. The molecule has 1 saturated heterocycles. The average Bonchev–Trinajstić information content (AvgIpc) is 2.93. The number of hydrogen-bond acceptors (Lipinski definition) is 4. The highest BCUT2D eigenvalue weighted by Gasteiger charge is 2.30. The zero-order valence-electron chi connectivity index (χ0n) is 15.3. The molecule has 0 N–H and O–H groups in total. The number of fused-ring (bicyclic) bond motifs is 1. The number of benzene rings is 1. The molecule has 3 rings (SSSR count). The smallest absolute Gasteiger partial charge is 0.410 e. The van der Waals surface area contributed by atoms with Crippen molar-refractivity contribution < 1.29 is 14.3 Å². The maximum Gasteiger partial charge on any atom is 0.410 e. The van der Waals surface area contributed by atoms with Gasteiger partial charge in [0.15, 0.2) is 11.6 Å². The summed E-state index contributed by atoms with van der Waals surface area (Å²) >= 11 is 0. The summed E-state index contributed by atoms with van der Waals surface area (Å²) < 4.78 is 7.50. The normalized spacial score (nSPS) is 18.4. The number of ketones is 1. The van der Waals surface area contributed by atoms with Crippen molar-refractivity contribution in [2.45, 2.75) is 52.2 Å². The number of piperidine rings is 1. The lowest BCUT2D eigenvalue weighted by atomic mass is 10.1. The molecule has 1 unspecified atom stereocenters. The first-order chi connectivity index (χ1) is 11.8. The molecule has 0 radical (unpaired) electrons. The van der Waals surface area contributed by atoms with E-state index in [-0.39, 0.29) is 17.9 Å². The summed E-state index contributed by atoms with van der Waals surface area (Å²) in [5.41, 5.74) is 1.22. The third-order valence-electron chi connectivity index (χ3n) is 4.32. The number of carbonyl (C=O) groups is 2. The molecule has 0 aliphatic carbocycles. The van der Waals surface area contributed by atoms with E-state index in [1.807, 2.05) is 49.6 Å². The summed E-state index contributed by atoms with van der Waals surface area (Å²) in [6.45, 7) is 8.33. The number of amides is 1. The summed E-state index contributed by atoms with van der Waals surface area (Å²) in [5, 5.41) is 0. The van der Waals surface area contributed by atoms with Crippen LogP contribution in [0, 0.1) is 0 Å². The molecule has 2 aromatic rings. The van der Waals surface area contributed by atoms with Crippen molar-refractivity contribution in [3.8, 4) is 0 Å². The van der Waals surface area contributed by atoms with Crippen LogP contribution in [0.5, 0.6) is 0 Å². The van der Waals surface area contributed by atoms with E-state index in [0.29, 0.717) is 18.9 Å². The molecule has 6 heteroatoms. The van der Waals surface area contributed by atoms with Gasteiger partial charge in [-0.15, -0.1) is 0 Å². The van der Waals surface area contributed by atoms with Crippen LogP contribution < -0.4 is 0 Å². The molecule has 25 heavy (non-hydrogen) atoms. The van der Waals surface area contributed by atoms with Gasteiger partial charge in [-0.3, -0.25) is 4.79 Å². The summed E-state index contributed by atoms with van der Waals surface area (Å²) in [4.78, 5) is 30.7. The van der Waals surface area contributed by atoms with Gasteiger partial charge in [0, 0.05) is 20.0 Å². The largest absolute Gasteiger partial charge is 0.444 e. The van der Waals surface area contributed by atoms with Crippen LogP contribution in [-0.4, -0.2) is 45.0 Å². The quantitative estimate of drug-likeness (QED) is 0.778. The fraction of sp³-hybridized carbons (Fsp3) is 0.526. The van der Waals surface area contributed by atoms with Crippen molar-refractivity contribution in [3.63, 3.8) is 0 Å². The zero-order valence-corrected chi connectivity index (χ0v) is 15.3. The SMILES string of the molecule is CC(=O)c1nc2ccccc2n1C1CCCN(C(=O)OC(C)(C)C)C1. The number of Topliss-reactive ketones (excluding diaryl/α,β-unsaturated/α-hetero) is 1. The van der Waals surface area contributed by atoms with Crippen molar-refractivity contribution in [1.29, 1.82) is 0 Å². The maximum atomic E-state index is 12.4. The van der Waals surface area contributed by atoms with Crippen LogP contribution in [0.4, 0.5) is 4.79 Å². The van der Waals surface area contributed by atoms with E-state index < -0.39 is 5.60 Å². The molecule has 0 saturated carbocycles. The number of para-hydroxylation sites is 2. The maximum absolute atomic E-state index is 12.4. The number of imidazole rings is 1. The van der Waals surface area contributed by atoms with Crippen molar-refractivity contribution in [2.24, 2.45) is 0 Å². The van der Waals surface area contributed by atoms with Gasteiger partial charge in [-0.1, -0.05) is 12.1 Å². The van der Waals surface area contributed by atoms with Crippen LogP contribution in [0.1, 0.15) is 57.2 Å². The minimum absolute atomic E-state index is 0.0209. The Morgan fingerprint density at radius 2 is 1.96 bits per heavy atom. The van der Waals surface area contributed by atoms with Gasteiger partial charge in [-0.2, -0.15) is 0 Å². The van der Waals surface area contributed by atoms with Gasteiger partial charge >= 0.3 is 6.09 Å². The third-order valence-corrected chi connectivity index (χ3v) is 4.32. The average molecular weight is 343 g/mol. The predicted molar refractivity (Wildman–Crippen MR) is 95.8 cm³/mol. The topological polar surface area (TPSA) is 64.4 Å². The van der Waals surface area contributed by atoms with Gasteiger partial charge in [-0.25, -0.2) is 9.78 Å². The lowest BCUT2D eigenvalue weighted by molar-refractivity contribution is 0.0173. The summed E-state index contributed by atoms with van der Waals surface area (Å²) in [6.07, 6.45) is 1.47. The third kappa shape index (κ3) is 3.67. The fourth-order valence-electron chi connectivity index (χ4n) is 3.32. The Labute approximate surface area is 147 Å². The number of ether oxygens (including phenoxy) is 1. The first kappa shape index (κ1) is 17.5. The van der Waals surface area contributed by atoms with E-state index in [1.54, 1.807) is 4.90 Å². The Hall–Kier alpha value is -2.37. The van der Waals surface area contributed by atoms with Crippen molar-refractivity contribution >= 4 is 22.9 Å². The molecule has 1 amide bonds. The summed E-state index contributed by atoms with van der Waals surface area (Å²) in [7, 11) is 0. The van der Waals surface area contributed by atoms with E-state index >= 15 is 0 Å². The van der Waals surface area contributed by atoms with Crippen LogP contribution >= 0.6 is 0 Å². The summed E-state index contributed by atoms with van der Waals surface area (Å²) in [6, 6.07) is 7.76. The Balaban J connectivity index is 1.91. The number of carbonyl (C=O) groups excluding carboxylic acids is 2. The molecular formula is C19H25N3O3. The molecule has 1 aromatic carbocycles. The van der Waals surface area contributed by atoms with E-state index in [2.05, 4.69) is 4.98 Å². The minimum atomic E-state index is -0.518. The van der Waals surface area contributed by atoms with Crippen molar-refractivity contribution in [2.75, 3.05) is 13.1 Å². The molecule has 0 bridgehead atoms. The molecular weight excluding hydrogens is 318 g/mol. The highest BCUT2D eigenvalue weighted by Crippen LogP contribution is 2.29. The Morgan fingerprint density at radius 3 is 2.64 bits per heavy atom. The van der Waals surface area contributed by atoms with Gasteiger partial charge in [0.1, 0.15) is 5.60 Å². The number of nitrogens with zero attached hydrogens (tertiary/aromatic N) is 3. The molecule has 134 valence electrons. The van der Waals surface area contributed by atoms with Crippen LogP contribution in [-0.2, 0) is 4.74 Å². The Morgan fingerprint density at radius 1 is 1.24 bits per heavy atom. The molecule has 1 aliphatic rings. The van der Waals surface area contributed by atoms with Crippen molar-refractivity contribution in [3.05, 3.63) is 30.1 Å². The van der Waals surface area contributed by atoms with E-state index in [9.17, 15) is 9.59 Å². The first-order valence-electron chi connectivity index (χ1n) is 8.72. The number of likely N-dealkylation sites (tertiary alicyclic amines) is 1. The second-order valence-electron chi connectivity index (χ2n) is 7.57. The van der Waals surface area contributed by atoms with Crippen molar-refractivity contribution in [1.82, 2.24) is 14.5 Å². The van der Waals surface area contributed by atoms with E-state index in [0.717, 1.165) is 23.9 Å². The lowest BCUT2D eigenvalue weighted by Gasteiger charge is -2.35. The van der Waals surface area contributed by atoms with Gasteiger partial charge in [0.2, 0.25) is 0 Å². The van der Waals surface area contributed by atoms with Crippen LogP contribution in [0.3, 0.4) is 0 Å². The predicted octanol–water partition coefficient (Wildman–Crippen LogP) is 3.81. The molecule has 0 spiro atoms. The first-order valence-corrected chi connectivity index (χ1v) is 8.72. The Kier molecular flexibility index (Phi) is 4.54. The summed E-state index contributed by atoms with van der Waals surface area (Å²) in [5.74, 6) is 0.392. The molecule has 1 aromatic heterocycles. The van der Waals surface area contributed by atoms with Crippen LogP contribution in [0.2, 0.25) is 0 Å². The second-order valence-corrected chi connectivity index (χ2v) is 7.57. The van der Waals surface area contributed by atoms with Crippen LogP contribution in [0.25, 0.3) is 11.0 Å². The fourth-order valence-corrected chi connectivity index (χ4v) is 3.32. The zero-order chi connectivity index (χ0) is 18.2. The highest BCUT2D eigenvalue weighted by molar-refractivity contribution is 5.94. The minimum Gasteiger partial charge on any atom is -0.444 e. The van der Waals surface area contributed by atoms with Crippen LogP contribution in [0.15, 0.2) is 24.3 Å². The molecule has 6 nitrogen and oxygen atoms in total. The molecule has 2 heterocycles. The van der Waals surface area contributed by atoms with Gasteiger partial charge in [0.05, 0.1) is 17.1 Å². The number of aromatic nitrogens is 2. The van der Waals surface area contributed by atoms with Gasteiger partial charge in [-0.05, 0) is 45.7 Å². The van der Waals surface area contributed by atoms with Gasteiger partial charge in [0.25, 0.3) is 0 Å². The molecule has 1 fully saturated rings. The Bertz CT molecular complexity index is 804. The molecule has 1 aliphatic heterocycles. The van der Waals surface area contributed by atoms with Gasteiger partial charge < -0.3 is 14.2 Å². The number of hydrogen-bond donors (Lipinski definition) is 0. The van der Waals surface area contributed by atoms with E-state index in [1.165, 1.54) is 6.92 Å². The lowest BCUT2D eigenvalue weighted by Crippen LogP contribution is -2.43. The van der Waals surface area contributed by atoms with E-state index in [4.69, 9.17) is 4.74 Å². The monoisotopic (exact) mass is 343 g/mol. The standard InChI is InChI=1S/C19H25N3O3/c1-13(23)17-20-15-9-5-6-10-16(15)22(17)14-8-7-11-21(12-14)18(24)25-19(2,3)4/h5-6,9-10,14H,7-8,11-12H2,1-4H3. The second kappa shape index (κ2) is 6.50. The molecule has 1 atom stereocenters.